The topological polar surface area (TPSA) is 105 Å². The standard InChI is InChI=1S/C18H19N7O2/c26-16(6-7-21-18(27)13-12-19-8-9-20-13)24-11-3-4-14(24)17-23-22-15-5-1-2-10-25(15)17/h1-2,5,8-10,12,14H,3-4,6-7,11H2,(H,21,27)/t14-/m1/s1. The van der Waals surface area contributed by atoms with Gasteiger partial charge < -0.3 is 10.2 Å². The van der Waals surface area contributed by atoms with Gasteiger partial charge in [-0.2, -0.15) is 0 Å². The molecule has 0 spiro atoms. The molecule has 9 nitrogen and oxygen atoms in total. The molecule has 3 aromatic rings. The van der Waals surface area contributed by atoms with Gasteiger partial charge in [-0.3, -0.25) is 19.0 Å². The quantitative estimate of drug-likeness (QED) is 0.723. The van der Waals surface area contributed by atoms with Crippen LogP contribution in [-0.4, -0.2) is 54.4 Å². The van der Waals surface area contributed by atoms with Gasteiger partial charge in [0.2, 0.25) is 5.91 Å². The highest BCUT2D eigenvalue weighted by Gasteiger charge is 2.32. The number of nitrogens with one attached hydrogen (secondary N) is 1. The predicted octanol–water partition coefficient (Wildman–Crippen LogP) is 1.00. The Morgan fingerprint density at radius 1 is 1.22 bits per heavy atom. The van der Waals surface area contributed by atoms with Crippen molar-refractivity contribution in [3.05, 3.63) is 54.5 Å². The molecule has 0 unspecified atom stereocenters. The van der Waals surface area contributed by atoms with Gasteiger partial charge in [-0.25, -0.2) is 4.98 Å². The highest BCUT2D eigenvalue weighted by Crippen LogP contribution is 2.31. The van der Waals surface area contributed by atoms with E-state index in [1.165, 1.54) is 18.6 Å². The van der Waals surface area contributed by atoms with E-state index < -0.39 is 0 Å². The third kappa shape index (κ3) is 3.48. The van der Waals surface area contributed by atoms with E-state index in [2.05, 4.69) is 25.5 Å². The molecule has 1 aliphatic rings. The number of hydrogen-bond donors (Lipinski definition) is 1. The highest BCUT2D eigenvalue weighted by atomic mass is 16.2. The molecule has 1 saturated heterocycles. The fraction of sp³-hybridized carbons (Fsp3) is 0.333. The van der Waals surface area contributed by atoms with E-state index in [4.69, 9.17) is 0 Å². The molecule has 1 fully saturated rings. The third-order valence-electron chi connectivity index (χ3n) is 4.63. The van der Waals surface area contributed by atoms with Crippen LogP contribution < -0.4 is 5.32 Å². The van der Waals surface area contributed by atoms with Crippen molar-refractivity contribution in [3.8, 4) is 0 Å². The highest BCUT2D eigenvalue weighted by molar-refractivity contribution is 5.92. The lowest BCUT2D eigenvalue weighted by Gasteiger charge is -2.23. The number of amides is 2. The number of likely N-dealkylation sites (tertiary alicyclic amines) is 1. The maximum absolute atomic E-state index is 12.7. The molecule has 9 heteroatoms. The van der Waals surface area contributed by atoms with Gasteiger partial charge in [-0.15, -0.1) is 10.2 Å². The number of carbonyl (C=O) groups is 2. The van der Waals surface area contributed by atoms with Gasteiger partial charge in [-0.1, -0.05) is 6.07 Å². The first-order valence-electron chi connectivity index (χ1n) is 8.87. The molecule has 4 rings (SSSR count). The Kier molecular flexibility index (Phi) is 4.73. The summed E-state index contributed by atoms with van der Waals surface area (Å²) in [6.45, 7) is 0.932. The summed E-state index contributed by atoms with van der Waals surface area (Å²) in [6, 6.07) is 5.62. The van der Waals surface area contributed by atoms with Crippen molar-refractivity contribution < 1.29 is 9.59 Å². The van der Waals surface area contributed by atoms with Crippen molar-refractivity contribution in [1.82, 2.24) is 34.8 Å². The molecular formula is C18H19N7O2. The summed E-state index contributed by atoms with van der Waals surface area (Å²) in [5.74, 6) is 0.432. The Hall–Kier alpha value is -3.36. The van der Waals surface area contributed by atoms with E-state index in [-0.39, 0.29) is 36.5 Å². The first-order valence-corrected chi connectivity index (χ1v) is 8.87. The molecule has 0 aromatic carbocycles. The molecular weight excluding hydrogens is 346 g/mol. The third-order valence-corrected chi connectivity index (χ3v) is 4.63. The summed E-state index contributed by atoms with van der Waals surface area (Å²) < 4.78 is 1.92. The van der Waals surface area contributed by atoms with Crippen LogP contribution in [-0.2, 0) is 4.79 Å². The second kappa shape index (κ2) is 7.48. The Balaban J connectivity index is 1.39. The van der Waals surface area contributed by atoms with E-state index in [0.717, 1.165) is 24.3 Å². The molecule has 3 aromatic heterocycles. The molecule has 138 valence electrons. The van der Waals surface area contributed by atoms with Crippen LogP contribution in [0.4, 0.5) is 0 Å². The second-order valence-electron chi connectivity index (χ2n) is 6.33. The number of pyridine rings is 1. The largest absolute Gasteiger partial charge is 0.350 e. The Morgan fingerprint density at radius 2 is 2.15 bits per heavy atom. The maximum Gasteiger partial charge on any atom is 0.271 e. The van der Waals surface area contributed by atoms with E-state index in [1.807, 2.05) is 33.7 Å². The van der Waals surface area contributed by atoms with E-state index in [1.54, 1.807) is 0 Å². The molecule has 0 bridgehead atoms. The molecule has 27 heavy (non-hydrogen) atoms. The number of aromatic nitrogens is 5. The van der Waals surface area contributed by atoms with Crippen molar-refractivity contribution in [1.29, 1.82) is 0 Å². The lowest BCUT2D eigenvalue weighted by molar-refractivity contribution is -0.132. The van der Waals surface area contributed by atoms with Crippen molar-refractivity contribution >= 4 is 17.5 Å². The summed E-state index contributed by atoms with van der Waals surface area (Å²) in [6.07, 6.45) is 8.26. The average Bonchev–Trinajstić information content (AvgIpc) is 3.35. The maximum atomic E-state index is 12.7. The minimum atomic E-state index is -0.336. The fourth-order valence-electron chi connectivity index (χ4n) is 3.35. The van der Waals surface area contributed by atoms with Crippen LogP contribution in [0.25, 0.3) is 5.65 Å². The zero-order valence-corrected chi connectivity index (χ0v) is 14.7. The molecule has 0 aliphatic carbocycles. The van der Waals surface area contributed by atoms with Gasteiger partial charge >= 0.3 is 0 Å². The molecule has 0 saturated carbocycles. The zero-order valence-electron chi connectivity index (χ0n) is 14.7. The van der Waals surface area contributed by atoms with Gasteiger partial charge in [0.05, 0.1) is 12.2 Å². The molecule has 1 N–H and O–H groups in total. The summed E-state index contributed by atoms with van der Waals surface area (Å²) in [7, 11) is 0. The zero-order chi connectivity index (χ0) is 18.6. The average molecular weight is 365 g/mol. The molecule has 1 aliphatic heterocycles. The van der Waals surface area contributed by atoms with Crippen LogP contribution in [0, 0.1) is 0 Å². The minimum absolute atomic E-state index is 0.00960. The fourth-order valence-corrected chi connectivity index (χ4v) is 3.35. The van der Waals surface area contributed by atoms with Crippen LogP contribution in [0.5, 0.6) is 0 Å². The molecule has 4 heterocycles. The monoisotopic (exact) mass is 365 g/mol. The smallest absolute Gasteiger partial charge is 0.271 e. The van der Waals surface area contributed by atoms with E-state index in [9.17, 15) is 9.59 Å². The predicted molar refractivity (Wildman–Crippen MR) is 95.7 cm³/mol. The summed E-state index contributed by atoms with van der Waals surface area (Å²) in [5.41, 5.74) is 1.00. The normalized spacial score (nSPS) is 16.6. The SMILES string of the molecule is O=C(NCCC(=O)N1CCC[C@@H]1c1nnc2ccccn12)c1cnccn1. The lowest BCUT2D eigenvalue weighted by Crippen LogP contribution is -2.35. The van der Waals surface area contributed by atoms with Gasteiger partial charge in [0.15, 0.2) is 11.5 Å². The van der Waals surface area contributed by atoms with Crippen LogP contribution in [0.2, 0.25) is 0 Å². The Bertz CT molecular complexity index is 957. The summed E-state index contributed by atoms with van der Waals surface area (Å²) >= 11 is 0. The van der Waals surface area contributed by atoms with Crippen molar-refractivity contribution in [3.63, 3.8) is 0 Å². The van der Waals surface area contributed by atoms with Gasteiger partial charge in [0.25, 0.3) is 5.91 Å². The number of carbonyl (C=O) groups excluding carboxylic acids is 2. The molecule has 2 amide bonds. The number of fused-ring (bicyclic) bond motifs is 1. The van der Waals surface area contributed by atoms with Crippen LogP contribution >= 0.6 is 0 Å². The van der Waals surface area contributed by atoms with Crippen LogP contribution in [0.15, 0.2) is 43.0 Å². The van der Waals surface area contributed by atoms with Crippen LogP contribution in [0.1, 0.15) is 41.6 Å². The van der Waals surface area contributed by atoms with Gasteiger partial charge in [0.1, 0.15) is 5.69 Å². The second-order valence-corrected chi connectivity index (χ2v) is 6.33. The number of hydrogen-bond acceptors (Lipinski definition) is 6. The van der Waals surface area contributed by atoms with Crippen molar-refractivity contribution in [2.45, 2.75) is 25.3 Å². The Morgan fingerprint density at radius 3 is 3.00 bits per heavy atom. The minimum Gasteiger partial charge on any atom is -0.350 e. The number of nitrogens with zero attached hydrogens (tertiary/aromatic N) is 6. The first kappa shape index (κ1) is 17.1. The van der Waals surface area contributed by atoms with Crippen molar-refractivity contribution in [2.24, 2.45) is 0 Å². The van der Waals surface area contributed by atoms with Crippen LogP contribution in [0.3, 0.4) is 0 Å². The lowest BCUT2D eigenvalue weighted by atomic mass is 10.2. The van der Waals surface area contributed by atoms with Gasteiger partial charge in [-0.05, 0) is 25.0 Å². The Labute approximate surface area is 155 Å². The molecule has 0 radical (unpaired) electrons. The van der Waals surface area contributed by atoms with Gasteiger partial charge in [0, 0.05) is 38.1 Å². The van der Waals surface area contributed by atoms with Crippen molar-refractivity contribution in [2.75, 3.05) is 13.1 Å². The first-order chi connectivity index (χ1) is 13.2. The molecule has 1 atom stereocenters. The summed E-state index contributed by atoms with van der Waals surface area (Å²) in [4.78, 5) is 34.3. The summed E-state index contributed by atoms with van der Waals surface area (Å²) in [5, 5.41) is 11.2. The van der Waals surface area contributed by atoms with E-state index in [0.29, 0.717) is 6.54 Å². The number of rotatable bonds is 5. The van der Waals surface area contributed by atoms with E-state index >= 15 is 0 Å².